The normalized spacial score (nSPS) is 17.3. The van der Waals surface area contributed by atoms with E-state index in [1.807, 2.05) is 54.6 Å². The second-order valence-electron chi connectivity index (χ2n) is 9.91. The van der Waals surface area contributed by atoms with Gasteiger partial charge < -0.3 is 26.3 Å². The molecular weight excluding hydrogens is 474 g/mol. The highest BCUT2D eigenvalue weighted by Crippen LogP contribution is 2.41. The van der Waals surface area contributed by atoms with Gasteiger partial charge in [-0.05, 0) is 61.3 Å². The number of aromatic nitrogens is 2. The minimum absolute atomic E-state index is 0.0299. The lowest BCUT2D eigenvalue weighted by Crippen LogP contribution is -2.38. The summed E-state index contributed by atoms with van der Waals surface area (Å²) in [6, 6.07) is 21.7. The molecule has 1 fully saturated rings. The Morgan fingerprint density at radius 3 is 2.63 bits per heavy atom. The van der Waals surface area contributed by atoms with E-state index < -0.39 is 0 Å². The molecule has 38 heavy (non-hydrogen) atoms. The molecule has 192 valence electrons. The first-order valence-corrected chi connectivity index (χ1v) is 13.1. The number of amides is 1. The van der Waals surface area contributed by atoms with Gasteiger partial charge in [0, 0.05) is 47.2 Å². The van der Waals surface area contributed by atoms with E-state index >= 15 is 0 Å². The van der Waals surface area contributed by atoms with Gasteiger partial charge in [0.15, 0.2) is 0 Å². The van der Waals surface area contributed by atoms with Gasteiger partial charge in [-0.1, -0.05) is 37.3 Å². The van der Waals surface area contributed by atoms with E-state index in [9.17, 15) is 4.79 Å². The summed E-state index contributed by atoms with van der Waals surface area (Å²) in [6.07, 6.45) is 2.18. The number of carbonyl (C=O) groups excluding carboxylic acids is 1. The molecule has 2 aliphatic heterocycles. The fourth-order valence-electron chi connectivity index (χ4n) is 5.45. The van der Waals surface area contributed by atoms with Gasteiger partial charge in [-0.25, -0.2) is 4.98 Å². The first-order chi connectivity index (χ1) is 18.5. The van der Waals surface area contributed by atoms with Crippen LogP contribution >= 0.6 is 0 Å². The smallest absolute Gasteiger partial charge is 0.257 e. The lowest BCUT2D eigenvalue weighted by atomic mass is 9.93. The molecule has 8 nitrogen and oxygen atoms in total. The Balaban J connectivity index is 1.48. The van der Waals surface area contributed by atoms with E-state index in [-0.39, 0.29) is 11.7 Å². The van der Waals surface area contributed by atoms with Crippen LogP contribution in [0.5, 0.6) is 0 Å². The molecule has 0 bridgehead atoms. The van der Waals surface area contributed by atoms with Crippen LogP contribution in [0.1, 0.15) is 42.3 Å². The Morgan fingerprint density at radius 2 is 1.87 bits per heavy atom. The van der Waals surface area contributed by atoms with Crippen molar-refractivity contribution in [2.45, 2.75) is 25.8 Å². The summed E-state index contributed by atoms with van der Waals surface area (Å²) in [5.74, 6) is 0.380. The Morgan fingerprint density at radius 1 is 1.08 bits per heavy atom. The third kappa shape index (κ3) is 4.43. The molecule has 4 aromatic rings. The molecule has 0 radical (unpaired) electrons. The fraction of sp³-hybridized carbons (Fsp3) is 0.233. The van der Waals surface area contributed by atoms with Gasteiger partial charge in [-0.3, -0.25) is 10.2 Å². The Labute approximate surface area is 221 Å². The minimum atomic E-state index is -0.183. The maximum absolute atomic E-state index is 13.5. The summed E-state index contributed by atoms with van der Waals surface area (Å²) in [5, 5.41) is 14.7. The molecule has 6 N–H and O–H groups in total. The van der Waals surface area contributed by atoms with Crippen molar-refractivity contribution >= 4 is 45.3 Å². The molecule has 1 amide bonds. The van der Waals surface area contributed by atoms with Gasteiger partial charge in [-0.15, -0.1) is 0 Å². The number of nitrogens with one attached hydrogen (secondary N) is 4. The van der Waals surface area contributed by atoms with Gasteiger partial charge in [0.05, 0.1) is 16.6 Å². The summed E-state index contributed by atoms with van der Waals surface area (Å²) in [5.41, 5.74) is 12.7. The van der Waals surface area contributed by atoms with Crippen LogP contribution < -0.4 is 16.4 Å². The van der Waals surface area contributed by atoms with Crippen LogP contribution in [-0.2, 0) is 4.79 Å². The Kier molecular flexibility index (Phi) is 6.17. The van der Waals surface area contributed by atoms with Crippen LogP contribution in [0.25, 0.3) is 22.2 Å². The van der Waals surface area contributed by atoms with Crippen molar-refractivity contribution in [1.29, 1.82) is 5.41 Å². The fourth-order valence-corrected chi connectivity index (χ4v) is 5.45. The van der Waals surface area contributed by atoms with Crippen LogP contribution in [0.2, 0.25) is 0 Å². The largest absolute Gasteiger partial charge is 0.384 e. The standard InChI is InChI=1S/C30H31N7O/c1-2-37-14-12-20(13-15-37)33-21-10-11-23-22(17-21)27(30(38)36-23)26(18-6-5-7-19(16-18)28(31)32)29-34-24-8-3-4-9-25(24)35-29/h3-11,16-17,20,33H,2,12-15H2,1H3,(H3,31,32)(H,34,35)(H,36,38)/b27-26-. The highest BCUT2D eigenvalue weighted by Gasteiger charge is 2.31. The summed E-state index contributed by atoms with van der Waals surface area (Å²) < 4.78 is 0. The number of fused-ring (bicyclic) bond motifs is 2. The maximum atomic E-state index is 13.5. The zero-order valence-corrected chi connectivity index (χ0v) is 21.3. The lowest BCUT2D eigenvalue weighted by molar-refractivity contribution is -0.110. The monoisotopic (exact) mass is 505 g/mol. The average molecular weight is 506 g/mol. The lowest BCUT2D eigenvalue weighted by Gasteiger charge is -2.32. The third-order valence-corrected chi connectivity index (χ3v) is 7.51. The number of aromatic amines is 1. The highest BCUT2D eigenvalue weighted by atomic mass is 16.2. The predicted molar refractivity (Wildman–Crippen MR) is 153 cm³/mol. The number of anilines is 2. The number of piperidine rings is 1. The number of imidazole rings is 1. The maximum Gasteiger partial charge on any atom is 0.257 e. The number of H-pyrrole nitrogens is 1. The van der Waals surface area contributed by atoms with Crippen molar-refractivity contribution in [1.82, 2.24) is 14.9 Å². The van der Waals surface area contributed by atoms with Gasteiger partial charge in [0.1, 0.15) is 11.7 Å². The molecule has 8 heteroatoms. The summed E-state index contributed by atoms with van der Waals surface area (Å²) >= 11 is 0. The Hall–Kier alpha value is -4.43. The summed E-state index contributed by atoms with van der Waals surface area (Å²) in [4.78, 5) is 24.2. The second kappa shape index (κ2) is 9.79. The van der Waals surface area contributed by atoms with E-state index in [2.05, 4.69) is 33.5 Å². The van der Waals surface area contributed by atoms with Crippen molar-refractivity contribution in [3.05, 3.63) is 89.2 Å². The van der Waals surface area contributed by atoms with Crippen molar-refractivity contribution in [2.75, 3.05) is 30.3 Å². The van der Waals surface area contributed by atoms with E-state index in [1.165, 1.54) is 0 Å². The number of para-hydroxylation sites is 2. The van der Waals surface area contributed by atoms with Crippen LogP contribution in [0, 0.1) is 5.41 Å². The second-order valence-corrected chi connectivity index (χ2v) is 9.91. The molecule has 6 rings (SSSR count). The first-order valence-electron chi connectivity index (χ1n) is 13.1. The van der Waals surface area contributed by atoms with Gasteiger partial charge >= 0.3 is 0 Å². The van der Waals surface area contributed by atoms with Gasteiger partial charge in [-0.2, -0.15) is 0 Å². The molecule has 0 unspecified atom stereocenters. The van der Waals surface area contributed by atoms with E-state index in [0.717, 1.165) is 66.0 Å². The zero-order chi connectivity index (χ0) is 26.2. The van der Waals surface area contributed by atoms with Crippen LogP contribution in [0.15, 0.2) is 66.7 Å². The molecule has 0 saturated carbocycles. The van der Waals surface area contributed by atoms with Crippen molar-refractivity contribution < 1.29 is 4.79 Å². The van der Waals surface area contributed by atoms with Crippen molar-refractivity contribution in [2.24, 2.45) is 5.73 Å². The quantitative estimate of drug-likeness (QED) is 0.148. The number of nitrogens with zero attached hydrogens (tertiary/aromatic N) is 2. The number of nitrogens with two attached hydrogens (primary N) is 1. The third-order valence-electron chi connectivity index (χ3n) is 7.51. The van der Waals surface area contributed by atoms with Crippen LogP contribution in [0.3, 0.4) is 0 Å². The molecule has 1 aromatic heterocycles. The Bertz CT molecular complexity index is 1540. The van der Waals surface area contributed by atoms with E-state index in [4.69, 9.17) is 16.1 Å². The van der Waals surface area contributed by atoms with Gasteiger partial charge in [0.25, 0.3) is 5.91 Å². The van der Waals surface area contributed by atoms with Crippen molar-refractivity contribution in [3.63, 3.8) is 0 Å². The highest BCUT2D eigenvalue weighted by molar-refractivity contribution is 6.38. The van der Waals surface area contributed by atoms with Crippen LogP contribution in [-0.4, -0.2) is 52.3 Å². The number of nitrogen functional groups attached to an aromatic ring is 1. The molecule has 3 heterocycles. The predicted octanol–water partition coefficient (Wildman–Crippen LogP) is 4.65. The number of likely N-dealkylation sites (tertiary alicyclic amines) is 1. The topological polar surface area (TPSA) is 123 Å². The van der Waals surface area contributed by atoms with Crippen LogP contribution in [0.4, 0.5) is 11.4 Å². The van der Waals surface area contributed by atoms with E-state index in [0.29, 0.717) is 28.6 Å². The molecule has 0 atom stereocenters. The number of amidine groups is 1. The molecule has 0 aliphatic carbocycles. The number of hydrogen-bond donors (Lipinski definition) is 5. The number of benzene rings is 3. The van der Waals surface area contributed by atoms with Crippen molar-refractivity contribution in [3.8, 4) is 0 Å². The SMILES string of the molecule is CCN1CCC(Nc2ccc3c(c2)/C(=C(\c2cccc(C(=N)N)c2)c2nc4ccccc4[nH]2)C(=O)N3)CC1. The zero-order valence-electron chi connectivity index (χ0n) is 21.3. The molecule has 3 aromatic carbocycles. The molecule has 1 saturated heterocycles. The molecular formula is C30H31N7O. The van der Waals surface area contributed by atoms with Gasteiger partial charge in [0.2, 0.25) is 0 Å². The average Bonchev–Trinajstić information content (AvgIpc) is 3.50. The minimum Gasteiger partial charge on any atom is -0.384 e. The number of rotatable bonds is 6. The summed E-state index contributed by atoms with van der Waals surface area (Å²) in [7, 11) is 0. The molecule has 2 aliphatic rings. The summed E-state index contributed by atoms with van der Waals surface area (Å²) in [6.45, 7) is 5.47. The first kappa shape index (κ1) is 23.9. The number of carbonyl (C=O) groups is 1. The van der Waals surface area contributed by atoms with E-state index in [1.54, 1.807) is 6.07 Å². The molecule has 0 spiro atoms. The number of hydrogen-bond acceptors (Lipinski definition) is 5.